The molecule has 0 atom stereocenters. The third kappa shape index (κ3) is 3.16. The van der Waals surface area contributed by atoms with Crippen molar-refractivity contribution in [2.24, 2.45) is 0 Å². The molecule has 0 radical (unpaired) electrons. The highest BCUT2D eigenvalue weighted by molar-refractivity contribution is 5.99. The Bertz CT molecular complexity index is 775. The minimum absolute atomic E-state index is 0.170. The first-order valence-electron chi connectivity index (χ1n) is 7.16. The van der Waals surface area contributed by atoms with Gasteiger partial charge in [0, 0.05) is 23.6 Å². The second kappa shape index (κ2) is 5.88. The summed E-state index contributed by atoms with van der Waals surface area (Å²) in [6.07, 6.45) is 3.06. The standard InChI is InChI=1S/C19H17NO/c1-14-4-6-15(7-5-14)8-11-19(21)17-10-9-16-3-2-12-20-18(16)13-17/h2-7,9-10,12-13H,8,11H2,1H3. The van der Waals surface area contributed by atoms with Crippen LogP contribution in [0, 0.1) is 6.92 Å². The van der Waals surface area contributed by atoms with Gasteiger partial charge in [-0.3, -0.25) is 9.78 Å². The van der Waals surface area contributed by atoms with Gasteiger partial charge < -0.3 is 0 Å². The Labute approximate surface area is 124 Å². The average molecular weight is 275 g/mol. The zero-order valence-corrected chi connectivity index (χ0v) is 12.0. The first-order valence-corrected chi connectivity index (χ1v) is 7.16. The molecule has 104 valence electrons. The summed E-state index contributed by atoms with van der Waals surface area (Å²) in [6, 6.07) is 18.0. The summed E-state index contributed by atoms with van der Waals surface area (Å²) in [7, 11) is 0. The van der Waals surface area contributed by atoms with Crippen molar-refractivity contribution in [3.8, 4) is 0 Å². The van der Waals surface area contributed by atoms with Crippen LogP contribution in [0.4, 0.5) is 0 Å². The molecule has 0 amide bonds. The second-order valence-corrected chi connectivity index (χ2v) is 5.32. The van der Waals surface area contributed by atoms with Crippen LogP contribution in [0.15, 0.2) is 60.8 Å². The van der Waals surface area contributed by atoms with E-state index in [0.29, 0.717) is 6.42 Å². The molecule has 0 saturated heterocycles. The first-order chi connectivity index (χ1) is 10.2. The number of pyridine rings is 1. The molecule has 0 unspecified atom stereocenters. The maximum atomic E-state index is 12.3. The number of ketones is 1. The quantitative estimate of drug-likeness (QED) is 0.662. The van der Waals surface area contributed by atoms with Crippen molar-refractivity contribution in [1.29, 1.82) is 0 Å². The lowest BCUT2D eigenvalue weighted by Gasteiger charge is -2.04. The van der Waals surface area contributed by atoms with Crippen molar-refractivity contribution in [2.45, 2.75) is 19.8 Å². The van der Waals surface area contributed by atoms with Crippen molar-refractivity contribution in [3.63, 3.8) is 0 Å². The smallest absolute Gasteiger partial charge is 0.163 e. The van der Waals surface area contributed by atoms with E-state index in [1.165, 1.54) is 11.1 Å². The fourth-order valence-electron chi connectivity index (χ4n) is 2.40. The second-order valence-electron chi connectivity index (χ2n) is 5.32. The molecular weight excluding hydrogens is 258 g/mol. The van der Waals surface area contributed by atoms with Gasteiger partial charge in [-0.2, -0.15) is 0 Å². The van der Waals surface area contributed by atoms with E-state index in [0.717, 1.165) is 22.9 Å². The largest absolute Gasteiger partial charge is 0.294 e. The van der Waals surface area contributed by atoms with Crippen LogP contribution in [0.2, 0.25) is 0 Å². The van der Waals surface area contributed by atoms with Gasteiger partial charge in [-0.25, -0.2) is 0 Å². The van der Waals surface area contributed by atoms with E-state index < -0.39 is 0 Å². The van der Waals surface area contributed by atoms with Crippen molar-refractivity contribution < 1.29 is 4.79 Å². The number of hydrogen-bond acceptors (Lipinski definition) is 2. The fourth-order valence-corrected chi connectivity index (χ4v) is 2.40. The van der Waals surface area contributed by atoms with Gasteiger partial charge in [0.15, 0.2) is 5.78 Å². The molecule has 0 bridgehead atoms. The van der Waals surface area contributed by atoms with Crippen LogP contribution in [-0.2, 0) is 6.42 Å². The fraction of sp³-hybridized carbons (Fsp3) is 0.158. The minimum Gasteiger partial charge on any atom is -0.294 e. The van der Waals surface area contributed by atoms with Gasteiger partial charge in [0.1, 0.15) is 0 Å². The Kier molecular flexibility index (Phi) is 3.78. The molecule has 0 aliphatic heterocycles. The summed E-state index contributed by atoms with van der Waals surface area (Å²) in [4.78, 5) is 16.6. The van der Waals surface area contributed by atoms with E-state index in [1.54, 1.807) is 6.20 Å². The number of aryl methyl sites for hydroxylation is 2. The normalized spacial score (nSPS) is 10.7. The predicted molar refractivity (Wildman–Crippen MR) is 85.6 cm³/mol. The van der Waals surface area contributed by atoms with Gasteiger partial charge in [0.2, 0.25) is 0 Å². The molecule has 3 rings (SSSR count). The predicted octanol–water partition coefficient (Wildman–Crippen LogP) is 4.36. The highest BCUT2D eigenvalue weighted by Crippen LogP contribution is 2.15. The third-order valence-corrected chi connectivity index (χ3v) is 3.69. The molecule has 0 aliphatic carbocycles. The lowest BCUT2D eigenvalue weighted by molar-refractivity contribution is 0.0983. The summed E-state index contributed by atoms with van der Waals surface area (Å²) in [6.45, 7) is 2.07. The van der Waals surface area contributed by atoms with Crippen molar-refractivity contribution in [3.05, 3.63) is 77.5 Å². The topological polar surface area (TPSA) is 30.0 Å². The molecular formula is C19H17NO. The Morgan fingerprint density at radius 3 is 2.67 bits per heavy atom. The number of aromatic nitrogens is 1. The Balaban J connectivity index is 1.73. The SMILES string of the molecule is Cc1ccc(CCC(=O)c2ccc3cccnc3c2)cc1. The number of carbonyl (C=O) groups is 1. The van der Waals surface area contributed by atoms with E-state index in [4.69, 9.17) is 0 Å². The molecule has 0 aliphatic rings. The molecule has 1 heterocycles. The monoisotopic (exact) mass is 275 g/mol. The van der Waals surface area contributed by atoms with Crippen LogP contribution in [0.1, 0.15) is 27.9 Å². The number of benzene rings is 2. The zero-order valence-electron chi connectivity index (χ0n) is 12.0. The van der Waals surface area contributed by atoms with E-state index in [2.05, 4.69) is 36.2 Å². The van der Waals surface area contributed by atoms with Crippen molar-refractivity contribution in [1.82, 2.24) is 4.98 Å². The van der Waals surface area contributed by atoms with Gasteiger partial charge >= 0.3 is 0 Å². The maximum absolute atomic E-state index is 12.3. The zero-order chi connectivity index (χ0) is 14.7. The van der Waals surface area contributed by atoms with E-state index >= 15 is 0 Å². The molecule has 1 aromatic heterocycles. The van der Waals surface area contributed by atoms with Crippen LogP contribution >= 0.6 is 0 Å². The molecule has 2 nitrogen and oxygen atoms in total. The summed E-state index contributed by atoms with van der Waals surface area (Å²) in [5.74, 6) is 0.170. The van der Waals surface area contributed by atoms with Crippen LogP contribution in [0.3, 0.4) is 0 Å². The summed E-state index contributed by atoms with van der Waals surface area (Å²) >= 11 is 0. The average Bonchev–Trinajstić information content (AvgIpc) is 2.53. The van der Waals surface area contributed by atoms with Gasteiger partial charge in [-0.05, 0) is 31.0 Å². The van der Waals surface area contributed by atoms with Crippen LogP contribution < -0.4 is 0 Å². The number of fused-ring (bicyclic) bond motifs is 1. The lowest BCUT2D eigenvalue weighted by atomic mass is 10.0. The minimum atomic E-state index is 0.170. The highest BCUT2D eigenvalue weighted by atomic mass is 16.1. The molecule has 3 aromatic rings. The third-order valence-electron chi connectivity index (χ3n) is 3.69. The van der Waals surface area contributed by atoms with Gasteiger partial charge in [-0.15, -0.1) is 0 Å². The Morgan fingerprint density at radius 1 is 1.05 bits per heavy atom. The summed E-state index contributed by atoms with van der Waals surface area (Å²) in [5, 5.41) is 1.06. The van der Waals surface area contributed by atoms with Crippen LogP contribution in [0.25, 0.3) is 10.9 Å². The number of Topliss-reactive ketones (excluding diaryl/α,β-unsaturated/α-hetero) is 1. The van der Waals surface area contributed by atoms with Crippen LogP contribution in [0.5, 0.6) is 0 Å². The summed E-state index contributed by atoms with van der Waals surface area (Å²) < 4.78 is 0. The first kappa shape index (κ1) is 13.5. The van der Waals surface area contributed by atoms with E-state index in [1.807, 2.05) is 30.3 Å². The Hall–Kier alpha value is -2.48. The lowest BCUT2D eigenvalue weighted by Crippen LogP contribution is -2.01. The molecule has 2 aromatic carbocycles. The Morgan fingerprint density at radius 2 is 1.86 bits per heavy atom. The van der Waals surface area contributed by atoms with Gasteiger partial charge in [0.25, 0.3) is 0 Å². The van der Waals surface area contributed by atoms with Crippen LogP contribution in [-0.4, -0.2) is 10.8 Å². The molecule has 0 spiro atoms. The molecule has 0 N–H and O–H groups in total. The molecule has 2 heteroatoms. The number of nitrogens with zero attached hydrogens (tertiary/aromatic N) is 1. The molecule has 0 fully saturated rings. The van der Waals surface area contributed by atoms with Gasteiger partial charge in [-0.1, -0.05) is 48.0 Å². The summed E-state index contributed by atoms with van der Waals surface area (Å²) in [5.41, 5.74) is 4.06. The maximum Gasteiger partial charge on any atom is 0.163 e. The van der Waals surface area contributed by atoms with E-state index in [-0.39, 0.29) is 5.78 Å². The molecule has 0 saturated carbocycles. The van der Waals surface area contributed by atoms with Crippen molar-refractivity contribution >= 4 is 16.7 Å². The number of rotatable bonds is 4. The van der Waals surface area contributed by atoms with Crippen molar-refractivity contribution in [2.75, 3.05) is 0 Å². The van der Waals surface area contributed by atoms with E-state index in [9.17, 15) is 4.79 Å². The number of hydrogen-bond donors (Lipinski definition) is 0. The molecule has 21 heavy (non-hydrogen) atoms. The number of carbonyl (C=O) groups excluding carboxylic acids is 1. The van der Waals surface area contributed by atoms with Gasteiger partial charge in [0.05, 0.1) is 5.52 Å². The highest BCUT2D eigenvalue weighted by Gasteiger charge is 2.07.